The summed E-state index contributed by atoms with van der Waals surface area (Å²) in [6, 6.07) is 18.7. The van der Waals surface area contributed by atoms with Crippen LogP contribution in [0.4, 0.5) is 5.13 Å². The average Bonchev–Trinajstić information content (AvgIpc) is 3.31. The highest BCUT2D eigenvalue weighted by Gasteiger charge is 2.21. The summed E-state index contributed by atoms with van der Waals surface area (Å²) in [7, 11) is 0. The minimum absolute atomic E-state index is 0.240. The maximum Gasteiger partial charge on any atom is 0.280 e. The molecule has 2 aromatic heterocycles. The Morgan fingerprint density at radius 1 is 1.15 bits per heavy atom. The molecule has 0 aliphatic rings. The van der Waals surface area contributed by atoms with Crippen molar-refractivity contribution < 1.29 is 9.21 Å². The summed E-state index contributed by atoms with van der Waals surface area (Å²) in [4.78, 5) is 17.6. The first-order valence-electron chi connectivity index (χ1n) is 8.05. The molecular formula is C20H15N3O2S. The van der Waals surface area contributed by atoms with Crippen LogP contribution in [0.1, 0.15) is 21.7 Å². The van der Waals surface area contributed by atoms with Crippen molar-refractivity contribution in [2.45, 2.75) is 6.92 Å². The molecule has 128 valence electrons. The molecule has 0 saturated carbocycles. The molecule has 0 radical (unpaired) electrons. The summed E-state index contributed by atoms with van der Waals surface area (Å²) in [5.41, 5.74) is 2.40. The Labute approximate surface area is 154 Å². The number of hydrogen-bond donors (Lipinski definition) is 0. The van der Waals surface area contributed by atoms with Gasteiger partial charge in [0.05, 0.1) is 22.7 Å². The quantitative estimate of drug-likeness (QED) is 0.384. The van der Waals surface area contributed by atoms with E-state index in [0.717, 1.165) is 15.8 Å². The van der Waals surface area contributed by atoms with E-state index in [1.807, 2.05) is 49.4 Å². The average molecular weight is 361 g/mol. The fourth-order valence-electron chi connectivity index (χ4n) is 2.52. The number of para-hydroxylation sites is 1. The second-order valence-corrected chi connectivity index (χ2v) is 6.72. The Balaban J connectivity index is 1.76. The van der Waals surface area contributed by atoms with Crippen LogP contribution in [0.25, 0.3) is 10.2 Å². The Morgan fingerprint density at radius 3 is 2.81 bits per heavy atom. The molecular weight excluding hydrogens is 346 g/mol. The van der Waals surface area contributed by atoms with E-state index >= 15 is 0 Å². The summed E-state index contributed by atoms with van der Waals surface area (Å²) in [6.45, 7) is 1.95. The third-order valence-corrected chi connectivity index (χ3v) is 4.78. The third-order valence-electron chi connectivity index (χ3n) is 3.76. The van der Waals surface area contributed by atoms with Gasteiger partial charge in [0.1, 0.15) is 5.76 Å². The molecule has 0 N–H and O–H groups in total. The monoisotopic (exact) mass is 361 g/mol. The van der Waals surface area contributed by atoms with Gasteiger partial charge in [0.25, 0.3) is 5.91 Å². The molecule has 0 atom stereocenters. The largest absolute Gasteiger partial charge is 0.463 e. The van der Waals surface area contributed by atoms with Crippen molar-refractivity contribution in [2.24, 2.45) is 5.10 Å². The van der Waals surface area contributed by atoms with E-state index in [-0.39, 0.29) is 5.91 Å². The maximum atomic E-state index is 13.1. The summed E-state index contributed by atoms with van der Waals surface area (Å²) in [5.74, 6) is 0.323. The van der Waals surface area contributed by atoms with E-state index < -0.39 is 0 Å². The lowest BCUT2D eigenvalue weighted by molar-refractivity contribution is 0.0987. The second-order valence-electron chi connectivity index (χ2n) is 5.71. The van der Waals surface area contributed by atoms with Gasteiger partial charge >= 0.3 is 0 Å². The zero-order valence-electron chi connectivity index (χ0n) is 14.0. The van der Waals surface area contributed by atoms with E-state index in [4.69, 9.17) is 4.42 Å². The Kier molecular flexibility index (Phi) is 4.33. The molecule has 0 unspecified atom stereocenters. The van der Waals surface area contributed by atoms with Crippen molar-refractivity contribution in [2.75, 3.05) is 5.01 Å². The molecule has 0 aliphatic carbocycles. The standard InChI is InChI=1S/C20H15N3O2S/c1-14-6-4-7-15(12-14)19(24)23(21-13-16-8-5-11-25-16)20-22-17-9-2-3-10-18(17)26-20/h2-13H,1H3/b21-13-. The molecule has 0 bridgehead atoms. The molecule has 6 heteroatoms. The van der Waals surface area contributed by atoms with E-state index in [9.17, 15) is 4.79 Å². The highest BCUT2D eigenvalue weighted by molar-refractivity contribution is 7.22. The molecule has 1 amide bonds. The van der Waals surface area contributed by atoms with Gasteiger partial charge in [-0.05, 0) is 43.3 Å². The molecule has 4 rings (SSSR count). The van der Waals surface area contributed by atoms with E-state index in [2.05, 4.69) is 10.1 Å². The van der Waals surface area contributed by atoms with Crippen LogP contribution in [-0.2, 0) is 0 Å². The fourth-order valence-corrected chi connectivity index (χ4v) is 3.44. The summed E-state index contributed by atoms with van der Waals surface area (Å²) < 4.78 is 6.28. The smallest absolute Gasteiger partial charge is 0.280 e. The summed E-state index contributed by atoms with van der Waals surface area (Å²) in [5, 5.41) is 6.19. The zero-order chi connectivity index (χ0) is 17.9. The lowest BCUT2D eigenvalue weighted by Gasteiger charge is -2.13. The number of carbonyl (C=O) groups is 1. The number of benzene rings is 2. The number of aryl methyl sites for hydroxylation is 1. The molecule has 26 heavy (non-hydrogen) atoms. The van der Waals surface area contributed by atoms with Gasteiger partial charge in [-0.2, -0.15) is 10.1 Å². The number of anilines is 1. The summed E-state index contributed by atoms with van der Waals surface area (Å²) >= 11 is 1.42. The number of nitrogens with zero attached hydrogens (tertiary/aromatic N) is 3. The number of carbonyl (C=O) groups excluding carboxylic acids is 1. The van der Waals surface area contributed by atoms with Gasteiger partial charge < -0.3 is 4.42 Å². The van der Waals surface area contributed by atoms with Gasteiger partial charge in [-0.25, -0.2) is 4.98 Å². The molecule has 0 aliphatic heterocycles. The molecule has 0 saturated heterocycles. The molecule has 0 spiro atoms. The fraction of sp³-hybridized carbons (Fsp3) is 0.0500. The zero-order valence-corrected chi connectivity index (χ0v) is 14.8. The van der Waals surface area contributed by atoms with Gasteiger partial charge in [-0.1, -0.05) is 41.2 Å². The molecule has 2 aromatic carbocycles. The van der Waals surface area contributed by atoms with Crippen LogP contribution < -0.4 is 5.01 Å². The van der Waals surface area contributed by atoms with Crippen LogP contribution in [0.15, 0.2) is 76.4 Å². The number of furan rings is 1. The predicted octanol–water partition coefficient (Wildman–Crippen LogP) is 4.88. The van der Waals surface area contributed by atoms with Crippen LogP contribution in [0.2, 0.25) is 0 Å². The SMILES string of the molecule is Cc1cccc(C(=O)N(/N=C\c2ccco2)c2nc3ccccc3s2)c1. The molecule has 5 nitrogen and oxygen atoms in total. The van der Waals surface area contributed by atoms with Gasteiger partial charge in [-0.15, -0.1) is 0 Å². The van der Waals surface area contributed by atoms with Gasteiger partial charge in [-0.3, -0.25) is 4.79 Å². The van der Waals surface area contributed by atoms with Crippen molar-refractivity contribution in [1.29, 1.82) is 0 Å². The van der Waals surface area contributed by atoms with Crippen molar-refractivity contribution >= 4 is 38.8 Å². The number of amides is 1. The van der Waals surface area contributed by atoms with Crippen LogP contribution in [0.5, 0.6) is 0 Å². The first-order chi connectivity index (χ1) is 12.7. The van der Waals surface area contributed by atoms with E-state index in [1.54, 1.807) is 24.5 Å². The number of fused-ring (bicyclic) bond motifs is 1. The van der Waals surface area contributed by atoms with E-state index in [0.29, 0.717) is 16.5 Å². The Bertz CT molecular complexity index is 1050. The minimum atomic E-state index is -0.240. The summed E-state index contributed by atoms with van der Waals surface area (Å²) in [6.07, 6.45) is 3.07. The molecule has 0 fully saturated rings. The van der Waals surface area contributed by atoms with Crippen LogP contribution in [0, 0.1) is 6.92 Å². The van der Waals surface area contributed by atoms with Gasteiger partial charge in [0, 0.05) is 5.56 Å². The normalized spacial score (nSPS) is 11.3. The highest BCUT2D eigenvalue weighted by atomic mass is 32.1. The van der Waals surface area contributed by atoms with Gasteiger partial charge in [0.15, 0.2) is 0 Å². The van der Waals surface area contributed by atoms with Crippen molar-refractivity contribution in [1.82, 2.24) is 4.98 Å². The number of thiazole rings is 1. The van der Waals surface area contributed by atoms with Gasteiger partial charge in [0.2, 0.25) is 5.13 Å². The lowest BCUT2D eigenvalue weighted by atomic mass is 10.1. The van der Waals surface area contributed by atoms with Crippen molar-refractivity contribution in [3.63, 3.8) is 0 Å². The number of rotatable bonds is 4. The minimum Gasteiger partial charge on any atom is -0.463 e. The first-order valence-corrected chi connectivity index (χ1v) is 8.86. The molecule has 4 aromatic rings. The van der Waals surface area contributed by atoms with Crippen LogP contribution in [-0.4, -0.2) is 17.1 Å². The topological polar surface area (TPSA) is 58.7 Å². The van der Waals surface area contributed by atoms with Crippen LogP contribution in [0.3, 0.4) is 0 Å². The van der Waals surface area contributed by atoms with Crippen molar-refractivity contribution in [3.8, 4) is 0 Å². The number of aromatic nitrogens is 1. The van der Waals surface area contributed by atoms with Crippen LogP contribution >= 0.6 is 11.3 Å². The number of hydrazone groups is 1. The Morgan fingerprint density at radius 2 is 2.04 bits per heavy atom. The molecule has 2 heterocycles. The Hall–Kier alpha value is -3.25. The van der Waals surface area contributed by atoms with E-state index in [1.165, 1.54) is 22.6 Å². The van der Waals surface area contributed by atoms with Crippen molar-refractivity contribution in [3.05, 3.63) is 83.8 Å². The number of hydrogen-bond acceptors (Lipinski definition) is 5. The third kappa shape index (κ3) is 3.27. The first kappa shape index (κ1) is 16.2. The lowest BCUT2D eigenvalue weighted by Crippen LogP contribution is -2.25. The maximum absolute atomic E-state index is 13.1. The second kappa shape index (κ2) is 6.93. The predicted molar refractivity (Wildman–Crippen MR) is 104 cm³/mol. The highest BCUT2D eigenvalue weighted by Crippen LogP contribution is 2.30.